The highest BCUT2D eigenvalue weighted by molar-refractivity contribution is 5.72. The molecule has 0 unspecified atom stereocenters. The fourth-order valence-electron chi connectivity index (χ4n) is 5.79. The van der Waals surface area contributed by atoms with Gasteiger partial charge >= 0.3 is 5.97 Å². The molecular weight excluding hydrogens is 342 g/mol. The summed E-state index contributed by atoms with van der Waals surface area (Å²) in [6.45, 7) is 12.4. The van der Waals surface area contributed by atoms with Crippen molar-refractivity contribution in [1.29, 1.82) is 0 Å². The molecule has 1 N–H and O–H groups in total. The van der Waals surface area contributed by atoms with Crippen molar-refractivity contribution in [2.45, 2.75) is 78.4 Å². The van der Waals surface area contributed by atoms with Crippen molar-refractivity contribution < 1.29 is 19.4 Å². The van der Waals surface area contributed by atoms with Crippen molar-refractivity contribution in [2.75, 3.05) is 32.8 Å². The van der Waals surface area contributed by atoms with Gasteiger partial charge in [0.15, 0.2) is 0 Å². The molecule has 2 bridgehead atoms. The molecule has 0 aromatic carbocycles. The average Bonchev–Trinajstić information content (AvgIpc) is 2.95. The third-order valence-electron chi connectivity index (χ3n) is 8.08. The van der Waals surface area contributed by atoms with E-state index in [-0.39, 0.29) is 17.3 Å². The molecule has 0 aromatic rings. The number of fused-ring (bicyclic) bond motifs is 2. The molecule has 27 heavy (non-hydrogen) atoms. The molecule has 5 heteroatoms. The zero-order chi connectivity index (χ0) is 19.7. The lowest BCUT2D eigenvalue weighted by atomic mass is 9.70. The van der Waals surface area contributed by atoms with Gasteiger partial charge in [-0.2, -0.15) is 0 Å². The van der Waals surface area contributed by atoms with Gasteiger partial charge in [0.1, 0.15) is 0 Å². The van der Waals surface area contributed by atoms with Crippen LogP contribution in [0.5, 0.6) is 0 Å². The topological polar surface area (TPSA) is 59.0 Å². The molecule has 3 rings (SSSR count). The van der Waals surface area contributed by atoms with E-state index in [0.717, 1.165) is 25.3 Å². The average molecular weight is 382 g/mol. The molecule has 0 aromatic heterocycles. The summed E-state index contributed by atoms with van der Waals surface area (Å²) >= 11 is 0. The molecule has 0 spiro atoms. The molecule has 156 valence electrons. The highest BCUT2D eigenvalue weighted by atomic mass is 16.5. The highest BCUT2D eigenvalue weighted by Gasteiger charge is 2.61. The summed E-state index contributed by atoms with van der Waals surface area (Å²) in [5, 5.41) is 10.5. The Labute approximate surface area is 164 Å². The van der Waals surface area contributed by atoms with E-state index in [1.54, 1.807) is 0 Å². The minimum Gasteiger partial charge on any atom is -0.466 e. The molecule has 5 atom stereocenters. The van der Waals surface area contributed by atoms with Gasteiger partial charge in [-0.1, -0.05) is 20.8 Å². The number of nitrogens with zero attached hydrogens (tertiary/aromatic N) is 1. The number of rotatable bonds is 8. The van der Waals surface area contributed by atoms with Gasteiger partial charge < -0.3 is 14.6 Å². The molecule has 3 fully saturated rings. The molecule has 5 nitrogen and oxygen atoms in total. The van der Waals surface area contributed by atoms with Crippen molar-refractivity contribution in [1.82, 2.24) is 4.90 Å². The highest BCUT2D eigenvalue weighted by Crippen LogP contribution is 2.66. The van der Waals surface area contributed by atoms with Crippen molar-refractivity contribution in [3.63, 3.8) is 0 Å². The van der Waals surface area contributed by atoms with Gasteiger partial charge in [0.05, 0.1) is 24.7 Å². The van der Waals surface area contributed by atoms with E-state index in [1.807, 2.05) is 6.92 Å². The second-order valence-corrected chi connectivity index (χ2v) is 9.76. The minimum atomic E-state index is -0.398. The lowest BCUT2D eigenvalue weighted by molar-refractivity contribution is -0.150. The molecule has 1 saturated heterocycles. The molecule has 1 heterocycles. The number of β-amino-alcohol motifs (C(OH)–C–C–N with tert-alkyl or cyclic N) is 1. The Hall–Kier alpha value is -0.650. The van der Waals surface area contributed by atoms with Crippen LogP contribution in [-0.2, 0) is 14.3 Å². The number of piperidine rings is 1. The molecule has 2 aliphatic carbocycles. The lowest BCUT2D eigenvalue weighted by Gasteiger charge is -2.39. The van der Waals surface area contributed by atoms with Crippen molar-refractivity contribution in [2.24, 2.45) is 22.7 Å². The van der Waals surface area contributed by atoms with Gasteiger partial charge in [-0.3, -0.25) is 9.69 Å². The number of aliphatic hydroxyl groups excluding tert-OH is 1. The van der Waals surface area contributed by atoms with E-state index in [1.165, 1.54) is 19.3 Å². The van der Waals surface area contributed by atoms with E-state index < -0.39 is 6.10 Å². The summed E-state index contributed by atoms with van der Waals surface area (Å²) in [7, 11) is 0. The van der Waals surface area contributed by atoms with Crippen LogP contribution in [0.3, 0.4) is 0 Å². The Kier molecular flexibility index (Phi) is 6.54. The smallest absolute Gasteiger partial charge is 0.310 e. The molecular formula is C22H39NO4. The Bertz CT molecular complexity index is 522. The summed E-state index contributed by atoms with van der Waals surface area (Å²) in [5.74, 6) is 0.649. The van der Waals surface area contributed by atoms with Crippen LogP contribution < -0.4 is 0 Å². The normalized spacial score (nSPS) is 36.7. The zero-order valence-corrected chi connectivity index (χ0v) is 17.7. The third-order valence-corrected chi connectivity index (χ3v) is 8.08. The van der Waals surface area contributed by atoms with Gasteiger partial charge in [0.25, 0.3) is 0 Å². The van der Waals surface area contributed by atoms with Gasteiger partial charge in [0.2, 0.25) is 0 Å². The number of esters is 1. The quantitative estimate of drug-likeness (QED) is 0.654. The molecule has 1 aliphatic heterocycles. The van der Waals surface area contributed by atoms with Crippen LogP contribution in [0.4, 0.5) is 0 Å². The van der Waals surface area contributed by atoms with Crippen molar-refractivity contribution in [3.05, 3.63) is 0 Å². The van der Waals surface area contributed by atoms with E-state index >= 15 is 0 Å². The monoisotopic (exact) mass is 381 g/mol. The number of aliphatic hydroxyl groups is 1. The zero-order valence-electron chi connectivity index (χ0n) is 17.7. The minimum absolute atomic E-state index is 0.0432. The maximum absolute atomic E-state index is 12.0. The van der Waals surface area contributed by atoms with Gasteiger partial charge in [0, 0.05) is 19.7 Å². The largest absolute Gasteiger partial charge is 0.466 e. The van der Waals surface area contributed by atoms with Crippen LogP contribution in [-0.4, -0.2) is 61.0 Å². The van der Waals surface area contributed by atoms with E-state index in [0.29, 0.717) is 44.2 Å². The third kappa shape index (κ3) is 4.20. The van der Waals surface area contributed by atoms with Gasteiger partial charge in [-0.15, -0.1) is 0 Å². The van der Waals surface area contributed by atoms with E-state index in [9.17, 15) is 9.90 Å². The first-order valence-electron chi connectivity index (χ1n) is 11.0. The Balaban J connectivity index is 1.39. The number of ether oxygens (including phenoxy) is 2. The van der Waals surface area contributed by atoms with E-state index in [4.69, 9.17) is 9.47 Å². The Morgan fingerprint density at radius 3 is 2.70 bits per heavy atom. The summed E-state index contributed by atoms with van der Waals surface area (Å²) in [6.07, 6.45) is 6.26. The molecule has 0 amide bonds. The van der Waals surface area contributed by atoms with Crippen LogP contribution in [0.2, 0.25) is 0 Å². The maximum Gasteiger partial charge on any atom is 0.310 e. The molecule has 2 saturated carbocycles. The predicted molar refractivity (Wildman–Crippen MR) is 105 cm³/mol. The van der Waals surface area contributed by atoms with Gasteiger partial charge in [-0.05, 0) is 68.7 Å². The second kappa shape index (κ2) is 8.38. The van der Waals surface area contributed by atoms with Crippen molar-refractivity contribution in [3.8, 4) is 0 Å². The fourth-order valence-corrected chi connectivity index (χ4v) is 5.79. The van der Waals surface area contributed by atoms with Gasteiger partial charge in [-0.25, -0.2) is 0 Å². The second-order valence-electron chi connectivity index (χ2n) is 9.76. The predicted octanol–water partition coefficient (Wildman–Crippen LogP) is 3.24. The number of likely N-dealkylation sites (tertiary alicyclic amines) is 1. The fraction of sp³-hybridized carbons (Fsp3) is 0.955. The first-order valence-corrected chi connectivity index (χ1v) is 11.0. The van der Waals surface area contributed by atoms with Crippen LogP contribution in [0, 0.1) is 22.7 Å². The van der Waals surface area contributed by atoms with Crippen LogP contribution in [0.25, 0.3) is 0 Å². The first kappa shape index (κ1) is 21.1. The van der Waals surface area contributed by atoms with Crippen LogP contribution in [0.15, 0.2) is 0 Å². The molecule has 0 radical (unpaired) electrons. The number of carbonyl (C=O) groups is 1. The lowest BCUT2D eigenvalue weighted by Crippen LogP contribution is -2.43. The Morgan fingerprint density at radius 2 is 2.07 bits per heavy atom. The van der Waals surface area contributed by atoms with E-state index in [2.05, 4.69) is 25.7 Å². The summed E-state index contributed by atoms with van der Waals surface area (Å²) in [4.78, 5) is 14.2. The Morgan fingerprint density at radius 1 is 1.30 bits per heavy atom. The molecule has 3 aliphatic rings. The standard InChI is InChI=1S/C22H39NO4/c1-5-26-20(25)16-7-6-11-23(14-16)15-18(24)9-12-27-19-13-17-8-10-22(19,4)21(17,2)3/h16-19,24H,5-15H2,1-4H3/t16-,17-,18-,19+,22-/m1/s1. The SMILES string of the molecule is CCOC(=O)[C@@H]1CCCN(C[C@H](O)CCO[C@H]2C[C@H]3CC[C@@]2(C)C3(C)C)C1. The first-order chi connectivity index (χ1) is 12.8. The number of hydrogen-bond donors (Lipinski definition) is 1. The summed E-state index contributed by atoms with van der Waals surface area (Å²) in [5.41, 5.74) is 0.647. The number of carbonyl (C=O) groups excluding carboxylic acids is 1. The van der Waals surface area contributed by atoms with Crippen LogP contribution in [0.1, 0.15) is 66.2 Å². The summed E-state index contributed by atoms with van der Waals surface area (Å²) < 4.78 is 11.4. The van der Waals surface area contributed by atoms with Crippen LogP contribution >= 0.6 is 0 Å². The number of hydrogen-bond acceptors (Lipinski definition) is 5. The maximum atomic E-state index is 12.0. The van der Waals surface area contributed by atoms with Crippen molar-refractivity contribution >= 4 is 5.97 Å². The summed E-state index contributed by atoms with van der Waals surface area (Å²) in [6, 6.07) is 0.